The van der Waals surface area contributed by atoms with Gasteiger partial charge in [0.2, 0.25) is 5.91 Å². The topological polar surface area (TPSA) is 75.1 Å². The highest BCUT2D eigenvalue weighted by molar-refractivity contribution is 7.18. The van der Waals surface area contributed by atoms with Crippen molar-refractivity contribution in [3.63, 3.8) is 0 Å². The van der Waals surface area contributed by atoms with Crippen molar-refractivity contribution in [1.82, 2.24) is 30.1 Å². The van der Waals surface area contributed by atoms with Crippen molar-refractivity contribution >= 4 is 27.5 Å². The maximum atomic E-state index is 12.5. The Labute approximate surface area is 162 Å². The summed E-state index contributed by atoms with van der Waals surface area (Å²) in [6.45, 7) is 3.53. The predicted octanol–water partition coefficient (Wildman–Crippen LogP) is 1.34. The third-order valence-electron chi connectivity index (χ3n) is 4.86. The summed E-state index contributed by atoms with van der Waals surface area (Å²) in [5.74, 6) is 1.04. The summed E-state index contributed by atoms with van der Waals surface area (Å²) in [5.41, 5.74) is 1.03. The molecule has 0 spiro atoms. The van der Waals surface area contributed by atoms with Crippen LogP contribution in [0.4, 0.5) is 0 Å². The van der Waals surface area contributed by atoms with E-state index >= 15 is 0 Å². The summed E-state index contributed by atoms with van der Waals surface area (Å²) >= 11 is 1.69. The van der Waals surface area contributed by atoms with Gasteiger partial charge in [0.05, 0.1) is 27.8 Å². The number of rotatable bonds is 6. The number of amides is 1. The van der Waals surface area contributed by atoms with E-state index in [1.165, 1.54) is 4.70 Å². The van der Waals surface area contributed by atoms with Gasteiger partial charge in [0, 0.05) is 52.0 Å². The van der Waals surface area contributed by atoms with Crippen molar-refractivity contribution in [2.45, 2.75) is 12.5 Å². The van der Waals surface area contributed by atoms with Gasteiger partial charge in [-0.1, -0.05) is 12.1 Å². The van der Waals surface area contributed by atoms with E-state index in [1.807, 2.05) is 36.0 Å². The minimum absolute atomic E-state index is 0.0530. The Morgan fingerprint density at radius 3 is 3.11 bits per heavy atom. The van der Waals surface area contributed by atoms with Crippen molar-refractivity contribution in [1.29, 1.82) is 0 Å². The third-order valence-corrected chi connectivity index (χ3v) is 5.95. The van der Waals surface area contributed by atoms with Gasteiger partial charge < -0.3 is 15.2 Å². The first-order valence-electron chi connectivity index (χ1n) is 9.24. The molecular formula is C19H24N6OS. The smallest absolute Gasteiger partial charge is 0.234 e. The predicted molar refractivity (Wildman–Crippen MR) is 107 cm³/mol. The van der Waals surface area contributed by atoms with E-state index < -0.39 is 0 Å². The number of thiazole rings is 1. The Morgan fingerprint density at radius 1 is 1.41 bits per heavy atom. The number of imidazole rings is 1. The van der Waals surface area contributed by atoms with E-state index in [4.69, 9.17) is 0 Å². The van der Waals surface area contributed by atoms with Crippen LogP contribution in [0, 0.1) is 0 Å². The maximum Gasteiger partial charge on any atom is 0.234 e. The van der Waals surface area contributed by atoms with Crippen molar-refractivity contribution in [3.05, 3.63) is 47.5 Å². The molecule has 7 nitrogen and oxygen atoms in total. The van der Waals surface area contributed by atoms with E-state index in [-0.39, 0.29) is 11.9 Å². The highest BCUT2D eigenvalue weighted by Gasteiger charge is 2.28. The molecule has 0 aliphatic carbocycles. The zero-order valence-electron chi connectivity index (χ0n) is 15.4. The van der Waals surface area contributed by atoms with Crippen LogP contribution < -0.4 is 10.6 Å². The van der Waals surface area contributed by atoms with Gasteiger partial charge in [0.1, 0.15) is 5.82 Å². The second kappa shape index (κ2) is 8.16. The highest BCUT2D eigenvalue weighted by atomic mass is 32.1. The Morgan fingerprint density at radius 2 is 2.30 bits per heavy atom. The second-order valence-electron chi connectivity index (χ2n) is 6.76. The number of hydrogen-bond donors (Lipinski definition) is 2. The van der Waals surface area contributed by atoms with Crippen LogP contribution in [0.15, 0.2) is 36.7 Å². The Kier molecular flexibility index (Phi) is 5.47. The molecule has 0 bridgehead atoms. The molecule has 1 saturated heterocycles. The van der Waals surface area contributed by atoms with E-state index in [1.54, 1.807) is 17.5 Å². The number of carbonyl (C=O) groups is 1. The number of nitrogens with zero attached hydrogens (tertiary/aromatic N) is 4. The molecule has 142 valence electrons. The number of nitrogens with one attached hydrogen (secondary N) is 2. The van der Waals surface area contributed by atoms with Gasteiger partial charge in [-0.05, 0) is 12.1 Å². The molecule has 1 fully saturated rings. The monoisotopic (exact) mass is 384 g/mol. The van der Waals surface area contributed by atoms with Gasteiger partial charge >= 0.3 is 0 Å². The first kappa shape index (κ1) is 18.1. The van der Waals surface area contributed by atoms with Crippen LogP contribution in [-0.2, 0) is 18.3 Å². The summed E-state index contributed by atoms with van der Waals surface area (Å²) in [6.07, 6.45) is 4.51. The van der Waals surface area contributed by atoms with Crippen LogP contribution >= 0.6 is 11.3 Å². The number of benzene rings is 1. The summed E-state index contributed by atoms with van der Waals surface area (Å²) in [7, 11) is 1.99. The molecule has 4 rings (SSSR count). The van der Waals surface area contributed by atoms with Crippen LogP contribution in [-0.4, -0.2) is 58.1 Å². The number of para-hydroxylation sites is 1. The fourth-order valence-electron chi connectivity index (χ4n) is 3.46. The number of fused-ring (bicyclic) bond motifs is 1. The minimum atomic E-state index is 0.0530. The van der Waals surface area contributed by atoms with Gasteiger partial charge in [0.25, 0.3) is 0 Å². The standard InChI is InChI=1S/C19H24N6OS/c1-24-10-9-22-19(24)15-12-20-8-11-25(15)13-17(26)21-7-6-18-23-14-4-2-3-5-16(14)27-18/h2-5,9-10,15,20H,6-8,11-13H2,1H3,(H,21,26). The van der Waals surface area contributed by atoms with Gasteiger partial charge in [-0.15, -0.1) is 11.3 Å². The quantitative estimate of drug-likeness (QED) is 0.671. The molecule has 1 unspecified atom stereocenters. The van der Waals surface area contributed by atoms with Crippen molar-refractivity contribution in [3.8, 4) is 0 Å². The summed E-state index contributed by atoms with van der Waals surface area (Å²) < 4.78 is 3.22. The number of carbonyl (C=O) groups excluding carboxylic acids is 1. The third kappa shape index (κ3) is 4.18. The second-order valence-corrected chi connectivity index (χ2v) is 7.88. The SMILES string of the molecule is Cn1ccnc1C1CNCCN1CC(=O)NCCc1nc2ccccc2s1. The fraction of sp³-hybridized carbons (Fsp3) is 0.421. The molecule has 1 aliphatic heterocycles. The summed E-state index contributed by atoms with van der Waals surface area (Å²) in [4.78, 5) is 23.7. The zero-order chi connectivity index (χ0) is 18.6. The average molecular weight is 385 g/mol. The molecule has 27 heavy (non-hydrogen) atoms. The van der Waals surface area contributed by atoms with Crippen molar-refractivity contribution in [2.75, 3.05) is 32.7 Å². The first-order valence-corrected chi connectivity index (χ1v) is 10.1. The molecule has 0 radical (unpaired) electrons. The molecule has 1 aliphatic rings. The number of aryl methyl sites for hydroxylation is 1. The van der Waals surface area contributed by atoms with Crippen molar-refractivity contribution < 1.29 is 4.79 Å². The van der Waals surface area contributed by atoms with Crippen molar-refractivity contribution in [2.24, 2.45) is 7.05 Å². The summed E-state index contributed by atoms with van der Waals surface area (Å²) in [5, 5.41) is 7.50. The van der Waals surface area contributed by atoms with Gasteiger partial charge in [-0.3, -0.25) is 9.69 Å². The number of hydrogen-bond acceptors (Lipinski definition) is 6. The van der Waals surface area contributed by atoms with E-state index in [0.29, 0.717) is 13.1 Å². The van der Waals surface area contributed by atoms with Crippen LogP contribution in [0.5, 0.6) is 0 Å². The lowest BCUT2D eigenvalue weighted by Crippen LogP contribution is -2.50. The number of piperazine rings is 1. The minimum Gasteiger partial charge on any atom is -0.355 e. The fourth-order valence-corrected chi connectivity index (χ4v) is 4.43. The molecular weight excluding hydrogens is 360 g/mol. The number of aromatic nitrogens is 3. The van der Waals surface area contributed by atoms with Crippen LogP contribution in [0.1, 0.15) is 16.9 Å². The van der Waals surface area contributed by atoms with Crippen LogP contribution in [0.3, 0.4) is 0 Å². The Bertz CT molecular complexity index is 887. The molecule has 2 N–H and O–H groups in total. The molecule has 8 heteroatoms. The lowest BCUT2D eigenvalue weighted by atomic mass is 10.1. The average Bonchev–Trinajstić information content (AvgIpc) is 3.27. The summed E-state index contributed by atoms with van der Waals surface area (Å²) in [6, 6.07) is 8.25. The zero-order valence-corrected chi connectivity index (χ0v) is 16.2. The Balaban J connectivity index is 1.31. The molecule has 1 aromatic carbocycles. The normalized spacial score (nSPS) is 18.0. The first-order chi connectivity index (χ1) is 13.2. The Hall–Kier alpha value is -2.29. The lowest BCUT2D eigenvalue weighted by molar-refractivity contribution is -0.123. The molecule has 0 saturated carbocycles. The highest BCUT2D eigenvalue weighted by Crippen LogP contribution is 2.22. The van der Waals surface area contributed by atoms with Crippen LogP contribution in [0.25, 0.3) is 10.2 Å². The molecule has 1 atom stereocenters. The maximum absolute atomic E-state index is 12.5. The van der Waals surface area contributed by atoms with E-state index in [2.05, 4.69) is 31.6 Å². The van der Waals surface area contributed by atoms with E-state index in [0.717, 1.165) is 42.4 Å². The largest absolute Gasteiger partial charge is 0.355 e. The van der Waals surface area contributed by atoms with Gasteiger partial charge in [-0.25, -0.2) is 9.97 Å². The molecule has 3 aromatic rings. The molecule has 1 amide bonds. The van der Waals surface area contributed by atoms with Gasteiger partial charge in [0.15, 0.2) is 0 Å². The molecule has 3 heterocycles. The van der Waals surface area contributed by atoms with E-state index in [9.17, 15) is 4.79 Å². The lowest BCUT2D eigenvalue weighted by Gasteiger charge is -2.35. The van der Waals surface area contributed by atoms with Crippen LogP contribution in [0.2, 0.25) is 0 Å². The molecule has 2 aromatic heterocycles. The van der Waals surface area contributed by atoms with Gasteiger partial charge in [-0.2, -0.15) is 0 Å².